The Kier molecular flexibility index (Phi) is 7.08. The molecule has 0 fully saturated rings. The molecule has 0 aliphatic carbocycles. The summed E-state index contributed by atoms with van der Waals surface area (Å²) < 4.78 is 37.0. The molecule has 0 saturated carbocycles. The lowest BCUT2D eigenvalue weighted by Gasteiger charge is -2.02. The van der Waals surface area contributed by atoms with E-state index in [0.717, 1.165) is 4.88 Å². The number of nitrogens with zero attached hydrogens (tertiary/aromatic N) is 2. The van der Waals surface area contributed by atoms with Crippen molar-refractivity contribution >= 4 is 28.8 Å². The van der Waals surface area contributed by atoms with Crippen molar-refractivity contribution in [3.8, 4) is 0 Å². The van der Waals surface area contributed by atoms with Gasteiger partial charge in [-0.3, -0.25) is 0 Å². The highest BCUT2D eigenvalue weighted by Gasteiger charge is 2.09. The van der Waals surface area contributed by atoms with E-state index in [4.69, 9.17) is 4.84 Å². The van der Waals surface area contributed by atoms with Crippen molar-refractivity contribution in [2.24, 2.45) is 5.16 Å². The van der Waals surface area contributed by atoms with Crippen LogP contribution in [0.4, 0.5) is 13.2 Å². The lowest BCUT2D eigenvalue weighted by atomic mass is 10.4. The van der Waals surface area contributed by atoms with E-state index in [2.05, 4.69) is 10.1 Å². The van der Waals surface area contributed by atoms with E-state index in [1.54, 1.807) is 13.1 Å². The van der Waals surface area contributed by atoms with Crippen LogP contribution in [-0.2, 0) is 4.84 Å². The molecule has 0 saturated heterocycles. The van der Waals surface area contributed by atoms with Gasteiger partial charge in [-0.05, 0) is 20.8 Å². The Balaban J connectivity index is 2.51. The number of aromatic nitrogens is 1. The van der Waals surface area contributed by atoms with Crippen LogP contribution in [0.5, 0.6) is 0 Å². The number of hydrogen-bond acceptors (Lipinski definition) is 5. The highest BCUT2D eigenvalue weighted by molar-refractivity contribution is 8.01. The average molecular weight is 324 g/mol. The lowest BCUT2D eigenvalue weighted by molar-refractivity contribution is 0.0860. The predicted molar refractivity (Wildman–Crippen MR) is 76.2 cm³/mol. The van der Waals surface area contributed by atoms with Gasteiger partial charge in [0.1, 0.15) is 10.4 Å². The number of halogens is 3. The number of thiazole rings is 1. The molecule has 0 amide bonds. The van der Waals surface area contributed by atoms with Gasteiger partial charge in [0.25, 0.3) is 0 Å². The molecule has 0 atom stereocenters. The first-order valence-corrected chi connectivity index (χ1v) is 7.69. The number of hydrogen-bond donors (Lipinski definition) is 0. The molecule has 3 nitrogen and oxygen atoms in total. The van der Waals surface area contributed by atoms with Gasteiger partial charge in [-0.15, -0.1) is 11.3 Å². The summed E-state index contributed by atoms with van der Waals surface area (Å²) in [5.41, 5.74) is 0.698. The summed E-state index contributed by atoms with van der Waals surface area (Å²) in [7, 11) is 0. The van der Waals surface area contributed by atoms with Gasteiger partial charge in [-0.1, -0.05) is 16.9 Å². The summed E-state index contributed by atoms with van der Waals surface area (Å²) in [6, 6.07) is 0. The Hall–Kier alpha value is -1.02. The molecule has 0 aliphatic heterocycles. The van der Waals surface area contributed by atoms with Crippen LogP contribution in [0.15, 0.2) is 27.6 Å². The topological polar surface area (TPSA) is 34.5 Å². The van der Waals surface area contributed by atoms with Crippen molar-refractivity contribution in [3.63, 3.8) is 0 Å². The SMILES string of the molecule is C/C(=N\OC(C)C)c1cnc(SCCC(F)=C(F)F)s1. The molecule has 0 aliphatic rings. The van der Waals surface area contributed by atoms with Crippen molar-refractivity contribution in [2.45, 2.75) is 37.6 Å². The van der Waals surface area contributed by atoms with Crippen LogP contribution >= 0.6 is 23.1 Å². The molecular weight excluding hydrogens is 309 g/mol. The summed E-state index contributed by atoms with van der Waals surface area (Å²) in [5.74, 6) is -1.15. The first-order chi connectivity index (χ1) is 9.40. The third-order valence-corrected chi connectivity index (χ3v) is 4.26. The molecule has 8 heteroatoms. The maximum absolute atomic E-state index is 12.6. The molecule has 1 heterocycles. The van der Waals surface area contributed by atoms with Crippen molar-refractivity contribution in [1.82, 2.24) is 4.98 Å². The molecule has 0 N–H and O–H groups in total. The van der Waals surface area contributed by atoms with Crippen LogP contribution in [0, 0.1) is 0 Å². The van der Waals surface area contributed by atoms with Gasteiger partial charge in [0.05, 0.1) is 10.6 Å². The molecule has 0 spiro atoms. The van der Waals surface area contributed by atoms with E-state index in [-0.39, 0.29) is 18.3 Å². The fourth-order valence-corrected chi connectivity index (χ4v) is 2.97. The van der Waals surface area contributed by atoms with Crippen LogP contribution in [0.25, 0.3) is 0 Å². The second kappa shape index (κ2) is 8.31. The van der Waals surface area contributed by atoms with Gasteiger partial charge >= 0.3 is 6.08 Å². The van der Waals surface area contributed by atoms with E-state index in [0.29, 0.717) is 10.1 Å². The summed E-state index contributed by atoms with van der Waals surface area (Å²) in [5, 5.41) is 3.95. The summed E-state index contributed by atoms with van der Waals surface area (Å²) >= 11 is 2.60. The molecule has 0 unspecified atom stereocenters. The zero-order valence-electron chi connectivity index (χ0n) is 11.3. The second-order valence-electron chi connectivity index (χ2n) is 4.09. The van der Waals surface area contributed by atoms with E-state index in [9.17, 15) is 13.2 Å². The minimum absolute atomic E-state index is 0.00271. The Morgan fingerprint density at radius 1 is 1.45 bits per heavy atom. The van der Waals surface area contributed by atoms with Gasteiger partial charge < -0.3 is 4.84 Å². The molecule has 20 heavy (non-hydrogen) atoms. The van der Waals surface area contributed by atoms with E-state index >= 15 is 0 Å². The van der Waals surface area contributed by atoms with Crippen LogP contribution in [-0.4, -0.2) is 22.6 Å². The smallest absolute Gasteiger partial charge is 0.301 e. The molecule has 0 bridgehead atoms. The standard InChI is InChI=1S/C12H15F3N2OS2/c1-7(2)18-17-8(3)10-6-16-12(20-10)19-5-4-9(13)11(14)15/h6-7H,4-5H2,1-3H3/b17-8+. The van der Waals surface area contributed by atoms with Crippen LogP contribution in [0.1, 0.15) is 32.1 Å². The largest absolute Gasteiger partial charge is 0.393 e. The molecule has 1 aromatic rings. The first-order valence-electron chi connectivity index (χ1n) is 5.89. The summed E-state index contributed by atoms with van der Waals surface area (Å²) in [6.45, 7) is 5.54. The van der Waals surface area contributed by atoms with Gasteiger partial charge in [-0.25, -0.2) is 9.37 Å². The quantitative estimate of drug-likeness (QED) is 0.408. The Morgan fingerprint density at radius 3 is 2.75 bits per heavy atom. The third-order valence-electron chi connectivity index (χ3n) is 1.99. The monoisotopic (exact) mass is 324 g/mol. The van der Waals surface area contributed by atoms with Crippen molar-refractivity contribution in [3.05, 3.63) is 23.0 Å². The zero-order chi connectivity index (χ0) is 15.1. The maximum Gasteiger partial charge on any atom is 0.301 e. The van der Waals surface area contributed by atoms with E-state index in [1.165, 1.54) is 23.1 Å². The molecule has 1 rings (SSSR count). The maximum atomic E-state index is 12.6. The normalized spacial score (nSPS) is 11.8. The Morgan fingerprint density at radius 2 is 2.15 bits per heavy atom. The molecule has 112 valence electrons. The van der Waals surface area contributed by atoms with Gasteiger partial charge in [-0.2, -0.15) is 8.78 Å². The first kappa shape index (κ1) is 17.0. The van der Waals surface area contributed by atoms with Crippen LogP contribution in [0.2, 0.25) is 0 Å². The van der Waals surface area contributed by atoms with Gasteiger partial charge in [0, 0.05) is 18.4 Å². The Bertz CT molecular complexity index is 497. The highest BCUT2D eigenvalue weighted by atomic mass is 32.2. The fraction of sp³-hybridized carbons (Fsp3) is 0.500. The number of thioether (sulfide) groups is 1. The highest BCUT2D eigenvalue weighted by Crippen LogP contribution is 2.27. The molecule has 0 aromatic carbocycles. The number of oxime groups is 1. The summed E-state index contributed by atoms with van der Waals surface area (Å²) in [4.78, 5) is 10.1. The van der Waals surface area contributed by atoms with Crippen molar-refractivity contribution in [1.29, 1.82) is 0 Å². The molecular formula is C12H15F3N2OS2. The molecule has 0 radical (unpaired) electrons. The second-order valence-corrected chi connectivity index (χ2v) is 6.46. The minimum atomic E-state index is -2.25. The Labute approximate surface area is 123 Å². The van der Waals surface area contributed by atoms with E-state index < -0.39 is 11.9 Å². The minimum Gasteiger partial charge on any atom is -0.393 e. The van der Waals surface area contributed by atoms with E-state index in [1.807, 2.05) is 13.8 Å². The zero-order valence-corrected chi connectivity index (χ0v) is 13.0. The average Bonchev–Trinajstić information content (AvgIpc) is 2.84. The van der Waals surface area contributed by atoms with Crippen molar-refractivity contribution < 1.29 is 18.0 Å². The third kappa shape index (κ3) is 5.96. The van der Waals surface area contributed by atoms with Gasteiger partial charge in [0.2, 0.25) is 0 Å². The van der Waals surface area contributed by atoms with Crippen LogP contribution in [0.3, 0.4) is 0 Å². The van der Waals surface area contributed by atoms with Gasteiger partial charge in [0.15, 0.2) is 5.83 Å². The van der Waals surface area contributed by atoms with Crippen molar-refractivity contribution in [2.75, 3.05) is 5.75 Å². The molecule has 1 aromatic heterocycles. The number of rotatable bonds is 7. The number of allylic oxidation sites excluding steroid dienone is 1. The summed E-state index contributed by atoms with van der Waals surface area (Å²) in [6.07, 6.45) is -0.917. The fourth-order valence-electron chi connectivity index (χ4n) is 1.04. The van der Waals surface area contributed by atoms with Crippen LogP contribution < -0.4 is 0 Å². The predicted octanol–water partition coefficient (Wildman–Crippen LogP) is 4.85. The lowest BCUT2D eigenvalue weighted by Crippen LogP contribution is -1.99.